The molecule has 9 heteroatoms. The predicted molar refractivity (Wildman–Crippen MR) is 119 cm³/mol. The van der Waals surface area contributed by atoms with E-state index in [0.29, 0.717) is 39.1 Å². The van der Waals surface area contributed by atoms with Crippen LogP contribution in [0.2, 0.25) is 0 Å². The Kier molecular flexibility index (Phi) is 8.93. The number of nitrogens with zero attached hydrogens (tertiary/aromatic N) is 1. The predicted octanol–water partition coefficient (Wildman–Crippen LogP) is 2.66. The van der Waals surface area contributed by atoms with E-state index in [1.54, 1.807) is 18.2 Å². The summed E-state index contributed by atoms with van der Waals surface area (Å²) in [5, 5.41) is 9.14. The van der Waals surface area contributed by atoms with Crippen LogP contribution in [0.3, 0.4) is 0 Å². The molecule has 8 nitrogen and oxygen atoms in total. The van der Waals surface area contributed by atoms with E-state index < -0.39 is 22.0 Å². The highest BCUT2D eigenvalue weighted by atomic mass is 32.2. The summed E-state index contributed by atoms with van der Waals surface area (Å²) in [7, 11) is -3.96. The van der Waals surface area contributed by atoms with Crippen molar-refractivity contribution in [2.24, 2.45) is 5.92 Å². The van der Waals surface area contributed by atoms with E-state index in [0.717, 1.165) is 24.8 Å². The molecule has 32 heavy (non-hydrogen) atoms. The van der Waals surface area contributed by atoms with Crippen LogP contribution in [-0.2, 0) is 24.3 Å². The van der Waals surface area contributed by atoms with Crippen LogP contribution in [0, 0.1) is 12.8 Å². The molecule has 3 rings (SSSR count). The van der Waals surface area contributed by atoms with Crippen molar-refractivity contribution in [2.75, 3.05) is 33.0 Å². The number of hydrogen-bond donors (Lipinski definition) is 1. The second-order valence-corrected chi connectivity index (χ2v) is 10.4. The number of aliphatic hydroxyl groups is 1. The van der Waals surface area contributed by atoms with Gasteiger partial charge in [-0.3, -0.25) is 4.79 Å². The van der Waals surface area contributed by atoms with Gasteiger partial charge in [0.1, 0.15) is 22.8 Å². The number of sulfonamides is 1. The third-order valence-corrected chi connectivity index (χ3v) is 8.00. The van der Waals surface area contributed by atoms with Crippen molar-refractivity contribution in [3.05, 3.63) is 23.8 Å². The van der Waals surface area contributed by atoms with Gasteiger partial charge in [0.15, 0.2) is 0 Å². The van der Waals surface area contributed by atoms with Gasteiger partial charge >= 0.3 is 5.97 Å². The minimum absolute atomic E-state index is 0.0594. The van der Waals surface area contributed by atoms with Gasteiger partial charge in [0.05, 0.1) is 19.8 Å². The molecule has 2 fully saturated rings. The molecule has 1 aromatic rings. The van der Waals surface area contributed by atoms with Gasteiger partial charge in [-0.15, -0.1) is 0 Å². The molecule has 180 valence electrons. The SMILES string of the molecule is CCCCOC(=O)[C@@H]1CCCN1S(=O)(=O)c1ccc(C)cc1O[C@H]1COC[C@H]1CCCO. The lowest BCUT2D eigenvalue weighted by molar-refractivity contribution is -0.147. The number of rotatable bonds is 11. The summed E-state index contributed by atoms with van der Waals surface area (Å²) >= 11 is 0. The summed E-state index contributed by atoms with van der Waals surface area (Å²) in [5.74, 6) is -0.117. The number of aryl methyl sites for hydroxylation is 1. The lowest BCUT2D eigenvalue weighted by atomic mass is 10.0. The molecule has 2 aliphatic heterocycles. The zero-order chi connectivity index (χ0) is 23.1. The van der Waals surface area contributed by atoms with Crippen molar-refractivity contribution >= 4 is 16.0 Å². The van der Waals surface area contributed by atoms with E-state index in [4.69, 9.17) is 19.3 Å². The average molecular weight is 470 g/mol. The van der Waals surface area contributed by atoms with Crippen molar-refractivity contribution < 1.29 is 32.5 Å². The molecule has 1 N–H and O–H groups in total. The Morgan fingerprint density at radius 2 is 2.09 bits per heavy atom. The van der Waals surface area contributed by atoms with Crippen molar-refractivity contribution in [1.29, 1.82) is 0 Å². The molecule has 0 radical (unpaired) electrons. The molecule has 3 atom stereocenters. The topological polar surface area (TPSA) is 102 Å². The normalized spacial score (nSPS) is 24.0. The van der Waals surface area contributed by atoms with Gasteiger partial charge in [-0.2, -0.15) is 4.31 Å². The van der Waals surface area contributed by atoms with Gasteiger partial charge in [-0.25, -0.2) is 8.42 Å². The van der Waals surface area contributed by atoms with E-state index >= 15 is 0 Å². The fraction of sp³-hybridized carbons (Fsp3) is 0.696. The lowest BCUT2D eigenvalue weighted by Crippen LogP contribution is -2.41. The Morgan fingerprint density at radius 1 is 1.28 bits per heavy atom. The van der Waals surface area contributed by atoms with Crippen molar-refractivity contribution in [1.82, 2.24) is 4.31 Å². The first-order valence-electron chi connectivity index (χ1n) is 11.5. The maximum Gasteiger partial charge on any atom is 0.324 e. The number of hydrogen-bond acceptors (Lipinski definition) is 7. The first-order valence-corrected chi connectivity index (χ1v) is 13.0. The maximum atomic E-state index is 13.6. The molecule has 0 aliphatic carbocycles. The Labute approximate surface area is 190 Å². The number of carbonyl (C=O) groups is 1. The van der Waals surface area contributed by atoms with Crippen LogP contribution < -0.4 is 4.74 Å². The molecule has 0 saturated carbocycles. The van der Waals surface area contributed by atoms with Crippen LogP contribution in [0.5, 0.6) is 5.75 Å². The van der Waals surface area contributed by atoms with Gasteiger partial charge in [0.2, 0.25) is 10.0 Å². The molecule has 2 saturated heterocycles. The number of carbonyl (C=O) groups excluding carboxylic acids is 1. The molecule has 0 amide bonds. The summed E-state index contributed by atoms with van der Waals surface area (Å²) in [4.78, 5) is 12.6. The summed E-state index contributed by atoms with van der Waals surface area (Å²) < 4.78 is 45.6. The second-order valence-electron chi connectivity index (χ2n) is 8.56. The van der Waals surface area contributed by atoms with Crippen molar-refractivity contribution in [3.8, 4) is 5.75 Å². The monoisotopic (exact) mass is 469 g/mol. The maximum absolute atomic E-state index is 13.6. The van der Waals surface area contributed by atoms with Crippen molar-refractivity contribution in [2.45, 2.75) is 69.4 Å². The van der Waals surface area contributed by atoms with E-state index in [2.05, 4.69) is 0 Å². The van der Waals surface area contributed by atoms with E-state index in [-0.39, 0.29) is 35.8 Å². The number of unbranched alkanes of at least 4 members (excludes halogenated alkanes) is 1. The van der Waals surface area contributed by atoms with Gasteiger partial charge in [-0.05, 0) is 56.7 Å². The van der Waals surface area contributed by atoms with Gasteiger partial charge in [0.25, 0.3) is 0 Å². The number of aliphatic hydroxyl groups excluding tert-OH is 1. The number of benzene rings is 1. The lowest BCUT2D eigenvalue weighted by Gasteiger charge is -2.26. The first kappa shape index (κ1) is 25.0. The minimum Gasteiger partial charge on any atom is -0.486 e. The fourth-order valence-corrected chi connectivity index (χ4v) is 5.97. The summed E-state index contributed by atoms with van der Waals surface area (Å²) in [6.45, 7) is 5.45. The number of ether oxygens (including phenoxy) is 3. The molecule has 0 bridgehead atoms. The second kappa shape index (κ2) is 11.4. The minimum atomic E-state index is -3.96. The highest BCUT2D eigenvalue weighted by molar-refractivity contribution is 7.89. The van der Waals surface area contributed by atoms with Crippen LogP contribution in [0.4, 0.5) is 0 Å². The quantitative estimate of drug-likeness (QED) is 0.393. The standard InChI is InChI=1S/C23H35NO7S/c1-3-4-13-30-23(26)19-8-5-11-24(19)32(27,28)22-10-9-17(2)14-20(22)31-21-16-29-15-18(21)7-6-12-25/h9-10,14,18-19,21,25H,3-8,11-13,15-16H2,1-2H3/t18-,19+,21+/m1/s1. The van der Waals surface area contributed by atoms with Crippen LogP contribution >= 0.6 is 0 Å². The summed E-state index contributed by atoms with van der Waals surface area (Å²) in [5.41, 5.74) is 0.877. The largest absolute Gasteiger partial charge is 0.486 e. The molecular formula is C23H35NO7S. The molecule has 0 aromatic heterocycles. The zero-order valence-corrected chi connectivity index (χ0v) is 19.8. The first-order chi connectivity index (χ1) is 15.4. The van der Waals surface area contributed by atoms with E-state index in [9.17, 15) is 13.2 Å². The Balaban J connectivity index is 1.82. The van der Waals surface area contributed by atoms with Crippen LogP contribution in [0.25, 0.3) is 0 Å². The smallest absolute Gasteiger partial charge is 0.324 e. The van der Waals surface area contributed by atoms with Crippen LogP contribution in [0.15, 0.2) is 23.1 Å². The zero-order valence-electron chi connectivity index (χ0n) is 19.0. The highest BCUT2D eigenvalue weighted by Gasteiger charge is 2.42. The van der Waals surface area contributed by atoms with Crippen LogP contribution in [-0.4, -0.2) is 68.9 Å². The van der Waals surface area contributed by atoms with Gasteiger partial charge in [-0.1, -0.05) is 19.4 Å². The Bertz CT molecular complexity index is 873. The molecule has 2 aliphatic rings. The highest BCUT2D eigenvalue weighted by Crippen LogP contribution is 2.35. The molecule has 2 heterocycles. The molecule has 0 spiro atoms. The van der Waals surface area contributed by atoms with E-state index in [1.165, 1.54) is 4.31 Å². The molecule has 0 unspecified atom stereocenters. The third-order valence-electron chi connectivity index (χ3n) is 6.06. The molecule has 1 aromatic carbocycles. The Hall–Kier alpha value is -1.68. The molecular weight excluding hydrogens is 434 g/mol. The van der Waals surface area contributed by atoms with Gasteiger partial charge < -0.3 is 19.3 Å². The van der Waals surface area contributed by atoms with E-state index in [1.807, 2.05) is 13.8 Å². The van der Waals surface area contributed by atoms with Crippen molar-refractivity contribution in [3.63, 3.8) is 0 Å². The number of esters is 1. The van der Waals surface area contributed by atoms with Crippen LogP contribution in [0.1, 0.15) is 51.0 Å². The third kappa shape index (κ3) is 5.81. The fourth-order valence-electron chi connectivity index (χ4n) is 4.22. The average Bonchev–Trinajstić information content (AvgIpc) is 3.42. The summed E-state index contributed by atoms with van der Waals surface area (Å²) in [6, 6.07) is 4.20. The Morgan fingerprint density at radius 3 is 2.84 bits per heavy atom. The van der Waals surface area contributed by atoms with Gasteiger partial charge in [0, 0.05) is 19.1 Å². The summed E-state index contributed by atoms with van der Waals surface area (Å²) in [6.07, 6.45) is 3.80.